The van der Waals surface area contributed by atoms with Crippen molar-refractivity contribution in [1.82, 2.24) is 0 Å². The van der Waals surface area contributed by atoms with Crippen molar-refractivity contribution in [2.45, 2.75) is 20.8 Å². The molecule has 0 radical (unpaired) electrons. The van der Waals surface area contributed by atoms with E-state index in [-0.39, 0.29) is 0 Å². The Bertz CT molecular complexity index is 203. The molecule has 0 saturated heterocycles. The van der Waals surface area contributed by atoms with E-state index in [9.17, 15) is 0 Å². The minimum absolute atomic E-state index is 0.322. The normalized spacial score (nSPS) is 7.00. The van der Waals surface area contributed by atoms with Crippen LogP contribution in [0, 0.1) is 0 Å². The molecule has 3 nitrogen and oxygen atoms in total. The third kappa shape index (κ3) is 18.0. The molecule has 1 aromatic carbocycles. The molecule has 0 unspecified atom stereocenters. The number of para-hydroxylation sites is 1. The maximum Gasteiger partial charge on any atom is 0.300 e. The third-order valence-electron chi connectivity index (χ3n) is 0.756. The highest BCUT2D eigenvalue weighted by atomic mass is 16.4. The van der Waals surface area contributed by atoms with Gasteiger partial charge in [-0.2, -0.15) is 0 Å². The number of benzene rings is 1. The van der Waals surface area contributed by atoms with E-state index in [0.717, 1.165) is 6.92 Å². The quantitative estimate of drug-likeness (QED) is 0.651. The van der Waals surface area contributed by atoms with Crippen LogP contribution in [0.1, 0.15) is 20.8 Å². The van der Waals surface area contributed by atoms with Crippen LogP contribution in [-0.2, 0) is 4.79 Å². The van der Waals surface area contributed by atoms with Crippen molar-refractivity contribution in [2.24, 2.45) is 0 Å². The van der Waals surface area contributed by atoms with Crippen LogP contribution in [0.15, 0.2) is 30.3 Å². The van der Waals surface area contributed by atoms with Crippen LogP contribution in [0.4, 0.5) is 0 Å². The van der Waals surface area contributed by atoms with E-state index in [4.69, 9.17) is 15.0 Å². The summed E-state index contributed by atoms with van der Waals surface area (Å²) in [5.41, 5.74) is 0. The summed E-state index contributed by atoms with van der Waals surface area (Å²) < 4.78 is 0. The van der Waals surface area contributed by atoms with Crippen molar-refractivity contribution in [1.29, 1.82) is 0 Å². The van der Waals surface area contributed by atoms with Crippen LogP contribution < -0.4 is 0 Å². The molecule has 74 valence electrons. The van der Waals surface area contributed by atoms with Crippen LogP contribution in [-0.4, -0.2) is 16.2 Å². The minimum Gasteiger partial charge on any atom is -0.508 e. The largest absolute Gasteiger partial charge is 0.508 e. The summed E-state index contributed by atoms with van der Waals surface area (Å²) in [6, 6.07) is 8.71. The molecular formula is C10H16O3. The first kappa shape index (κ1) is 14.0. The SMILES string of the molecule is CC.CC(=O)O.Oc1ccccc1. The van der Waals surface area contributed by atoms with Gasteiger partial charge in [0, 0.05) is 6.92 Å². The molecule has 0 aliphatic rings. The third-order valence-corrected chi connectivity index (χ3v) is 0.756. The first-order valence-corrected chi connectivity index (χ1v) is 4.06. The van der Waals surface area contributed by atoms with E-state index in [2.05, 4.69) is 0 Å². The molecule has 0 aliphatic heterocycles. The molecular weight excluding hydrogens is 168 g/mol. The van der Waals surface area contributed by atoms with Gasteiger partial charge in [0.2, 0.25) is 0 Å². The van der Waals surface area contributed by atoms with Crippen LogP contribution in [0.3, 0.4) is 0 Å². The van der Waals surface area contributed by atoms with Crippen LogP contribution >= 0.6 is 0 Å². The van der Waals surface area contributed by atoms with Gasteiger partial charge in [0.05, 0.1) is 0 Å². The van der Waals surface area contributed by atoms with E-state index in [1.54, 1.807) is 24.3 Å². The molecule has 0 saturated carbocycles. The Morgan fingerprint density at radius 2 is 1.46 bits per heavy atom. The molecule has 0 amide bonds. The molecule has 2 N–H and O–H groups in total. The van der Waals surface area contributed by atoms with Gasteiger partial charge >= 0.3 is 0 Å². The molecule has 0 fully saturated rings. The standard InChI is InChI=1S/C6H6O.C2H4O2.C2H6/c7-6-4-2-1-3-5-6;1-2(3)4;1-2/h1-5,7H;1H3,(H,3,4);1-2H3. The van der Waals surface area contributed by atoms with E-state index in [1.807, 2.05) is 19.9 Å². The number of aliphatic carboxylic acids is 1. The number of carboxylic acid groups (broad SMARTS) is 1. The Labute approximate surface area is 78.7 Å². The molecule has 0 atom stereocenters. The average molecular weight is 184 g/mol. The van der Waals surface area contributed by atoms with Crippen LogP contribution in [0.25, 0.3) is 0 Å². The summed E-state index contributed by atoms with van der Waals surface area (Å²) in [5, 5.41) is 16.0. The molecule has 0 bridgehead atoms. The molecule has 0 spiro atoms. The molecule has 0 heterocycles. The number of phenols is 1. The van der Waals surface area contributed by atoms with Crippen molar-refractivity contribution in [3.8, 4) is 5.75 Å². The Morgan fingerprint density at radius 1 is 1.15 bits per heavy atom. The molecule has 13 heavy (non-hydrogen) atoms. The fraction of sp³-hybridized carbons (Fsp3) is 0.300. The van der Waals surface area contributed by atoms with Gasteiger partial charge in [0.1, 0.15) is 5.75 Å². The second kappa shape index (κ2) is 10.5. The maximum atomic E-state index is 9.00. The first-order chi connectivity index (χ1) is 6.13. The monoisotopic (exact) mass is 184 g/mol. The average Bonchev–Trinajstić information content (AvgIpc) is 2.08. The summed E-state index contributed by atoms with van der Waals surface area (Å²) in [7, 11) is 0. The van der Waals surface area contributed by atoms with E-state index < -0.39 is 5.97 Å². The van der Waals surface area contributed by atoms with Gasteiger partial charge in [-0.3, -0.25) is 4.79 Å². The number of phenolic OH excluding ortho intramolecular Hbond substituents is 1. The second-order valence-electron chi connectivity index (χ2n) is 1.85. The Morgan fingerprint density at radius 3 is 1.62 bits per heavy atom. The zero-order valence-electron chi connectivity index (χ0n) is 8.19. The molecule has 0 aliphatic carbocycles. The zero-order chi connectivity index (χ0) is 10.7. The summed E-state index contributed by atoms with van der Waals surface area (Å²) in [6.07, 6.45) is 0. The van der Waals surface area contributed by atoms with E-state index in [0.29, 0.717) is 5.75 Å². The summed E-state index contributed by atoms with van der Waals surface area (Å²) in [6.45, 7) is 5.08. The Kier molecular flexibility index (Phi) is 11.3. The topological polar surface area (TPSA) is 57.5 Å². The number of hydrogen-bond acceptors (Lipinski definition) is 2. The van der Waals surface area contributed by atoms with Gasteiger partial charge in [-0.25, -0.2) is 0 Å². The number of carboxylic acids is 1. The highest BCUT2D eigenvalue weighted by Gasteiger charge is 1.74. The zero-order valence-corrected chi connectivity index (χ0v) is 8.19. The summed E-state index contributed by atoms with van der Waals surface area (Å²) >= 11 is 0. The smallest absolute Gasteiger partial charge is 0.300 e. The lowest BCUT2D eigenvalue weighted by atomic mass is 10.3. The summed E-state index contributed by atoms with van der Waals surface area (Å²) in [4.78, 5) is 9.00. The minimum atomic E-state index is -0.833. The second-order valence-corrected chi connectivity index (χ2v) is 1.85. The number of hydrogen-bond donors (Lipinski definition) is 2. The van der Waals surface area contributed by atoms with E-state index >= 15 is 0 Å². The maximum absolute atomic E-state index is 9.00. The van der Waals surface area contributed by atoms with Gasteiger partial charge in [-0.05, 0) is 12.1 Å². The van der Waals surface area contributed by atoms with Gasteiger partial charge in [0.15, 0.2) is 0 Å². The molecule has 1 aromatic rings. The number of rotatable bonds is 0. The fourth-order valence-electron chi connectivity index (χ4n) is 0.428. The van der Waals surface area contributed by atoms with Crippen molar-refractivity contribution < 1.29 is 15.0 Å². The van der Waals surface area contributed by atoms with Crippen LogP contribution in [0.5, 0.6) is 5.75 Å². The van der Waals surface area contributed by atoms with Crippen molar-refractivity contribution in [3.05, 3.63) is 30.3 Å². The molecule has 0 aromatic heterocycles. The van der Waals surface area contributed by atoms with Gasteiger partial charge in [-0.1, -0.05) is 32.0 Å². The van der Waals surface area contributed by atoms with Gasteiger partial charge < -0.3 is 10.2 Å². The molecule has 3 heteroatoms. The number of aromatic hydroxyl groups is 1. The lowest BCUT2D eigenvalue weighted by molar-refractivity contribution is -0.134. The van der Waals surface area contributed by atoms with Crippen molar-refractivity contribution in [3.63, 3.8) is 0 Å². The predicted molar refractivity (Wildman–Crippen MR) is 52.8 cm³/mol. The first-order valence-electron chi connectivity index (χ1n) is 4.06. The van der Waals surface area contributed by atoms with Gasteiger partial charge in [-0.15, -0.1) is 0 Å². The Hall–Kier alpha value is -1.51. The highest BCUT2D eigenvalue weighted by Crippen LogP contribution is 2.02. The Balaban J connectivity index is 0. The predicted octanol–water partition coefficient (Wildman–Crippen LogP) is 2.51. The lowest BCUT2D eigenvalue weighted by Gasteiger charge is -1.82. The lowest BCUT2D eigenvalue weighted by Crippen LogP contribution is -1.78. The fourth-order valence-corrected chi connectivity index (χ4v) is 0.428. The number of carbonyl (C=O) groups is 1. The van der Waals surface area contributed by atoms with Crippen molar-refractivity contribution in [2.75, 3.05) is 0 Å². The van der Waals surface area contributed by atoms with E-state index in [1.165, 1.54) is 0 Å². The van der Waals surface area contributed by atoms with Gasteiger partial charge in [0.25, 0.3) is 5.97 Å². The molecule has 1 rings (SSSR count). The summed E-state index contributed by atoms with van der Waals surface area (Å²) in [5.74, 6) is -0.512. The highest BCUT2D eigenvalue weighted by molar-refractivity contribution is 5.62. The van der Waals surface area contributed by atoms with Crippen LogP contribution in [0.2, 0.25) is 0 Å². The van der Waals surface area contributed by atoms with Crippen molar-refractivity contribution >= 4 is 5.97 Å².